The molecule has 1 amide bonds. The minimum atomic E-state index is 0.168. The fourth-order valence-electron chi connectivity index (χ4n) is 3.64. The number of carbonyl (C=O) groups is 1. The van der Waals surface area contributed by atoms with E-state index in [-0.39, 0.29) is 11.3 Å². The van der Waals surface area contributed by atoms with Crippen LogP contribution < -0.4 is 10.6 Å². The summed E-state index contributed by atoms with van der Waals surface area (Å²) >= 11 is 1.63. The summed E-state index contributed by atoms with van der Waals surface area (Å²) in [6, 6.07) is 10.2. The van der Waals surface area contributed by atoms with E-state index in [9.17, 15) is 4.79 Å². The number of carbonyl (C=O) groups excluding carboxylic acids is 1. The Bertz CT molecular complexity index is 537. The summed E-state index contributed by atoms with van der Waals surface area (Å²) in [5.74, 6) is 0.676. The molecule has 1 aromatic carbocycles. The molecule has 2 saturated heterocycles. The van der Waals surface area contributed by atoms with Gasteiger partial charge in [0.15, 0.2) is 0 Å². The Balaban J connectivity index is 1.45. The van der Waals surface area contributed by atoms with E-state index >= 15 is 0 Å². The smallest absolute Gasteiger partial charge is 0.230 e. The quantitative estimate of drug-likeness (QED) is 0.830. The lowest BCUT2D eigenvalue weighted by Crippen LogP contribution is -2.48. The zero-order valence-corrected chi connectivity index (χ0v) is 15.2. The number of piperidine rings is 1. The molecule has 0 aliphatic carbocycles. The van der Waals surface area contributed by atoms with E-state index in [1.807, 2.05) is 0 Å². The number of thioether (sulfide) groups is 1. The Kier molecular flexibility index (Phi) is 5.02. The maximum absolute atomic E-state index is 12.2. The normalized spacial score (nSPS) is 27.0. The summed E-state index contributed by atoms with van der Waals surface area (Å²) < 4.78 is 0. The van der Waals surface area contributed by atoms with Crippen LogP contribution in [0.1, 0.15) is 52.0 Å². The Morgan fingerprint density at radius 3 is 2.35 bits per heavy atom. The van der Waals surface area contributed by atoms with Gasteiger partial charge >= 0.3 is 0 Å². The Labute approximate surface area is 144 Å². The lowest BCUT2D eigenvalue weighted by Gasteiger charge is -2.29. The summed E-state index contributed by atoms with van der Waals surface area (Å²) in [6.07, 6.45) is 4.72. The topological polar surface area (TPSA) is 41.1 Å². The van der Waals surface area contributed by atoms with Crippen LogP contribution in [-0.4, -0.2) is 29.8 Å². The average Bonchev–Trinajstić information content (AvgIpc) is 2.83. The standard InChI is InChI=1S/C19H28N2OS/c1-19(2,3)13-4-8-17(9-5-13)23-12-18(22)21-16-10-14-6-7-15(11-16)20-14/h4-5,8-9,14-16,20H,6-7,10-12H2,1-3H3,(H,21,22). The van der Waals surface area contributed by atoms with Crippen LogP contribution in [0.25, 0.3) is 0 Å². The molecule has 2 bridgehead atoms. The Hall–Kier alpha value is -1.00. The van der Waals surface area contributed by atoms with Gasteiger partial charge in [-0.1, -0.05) is 32.9 Å². The van der Waals surface area contributed by atoms with Gasteiger partial charge < -0.3 is 10.6 Å². The van der Waals surface area contributed by atoms with Crippen LogP contribution in [0, 0.1) is 0 Å². The highest BCUT2D eigenvalue weighted by Crippen LogP contribution is 2.28. The van der Waals surface area contributed by atoms with Crippen LogP contribution in [0.4, 0.5) is 0 Å². The average molecular weight is 333 g/mol. The monoisotopic (exact) mass is 332 g/mol. The number of hydrogen-bond donors (Lipinski definition) is 2. The molecule has 2 N–H and O–H groups in total. The summed E-state index contributed by atoms with van der Waals surface area (Å²) in [7, 11) is 0. The van der Waals surface area contributed by atoms with Crippen molar-refractivity contribution >= 4 is 17.7 Å². The molecule has 2 fully saturated rings. The van der Waals surface area contributed by atoms with E-state index in [0.29, 0.717) is 23.9 Å². The van der Waals surface area contributed by atoms with Crippen molar-refractivity contribution in [3.63, 3.8) is 0 Å². The first-order valence-electron chi connectivity index (χ1n) is 8.69. The van der Waals surface area contributed by atoms with Crippen molar-refractivity contribution < 1.29 is 4.79 Å². The summed E-state index contributed by atoms with van der Waals surface area (Å²) in [6.45, 7) is 6.65. The maximum atomic E-state index is 12.2. The van der Waals surface area contributed by atoms with E-state index in [1.165, 1.54) is 23.3 Å². The van der Waals surface area contributed by atoms with Crippen molar-refractivity contribution in [2.45, 2.75) is 74.9 Å². The highest BCUT2D eigenvalue weighted by Gasteiger charge is 2.33. The Morgan fingerprint density at radius 1 is 1.17 bits per heavy atom. The summed E-state index contributed by atoms with van der Waals surface area (Å²) in [5.41, 5.74) is 1.51. The molecule has 2 atom stereocenters. The molecule has 0 spiro atoms. The fraction of sp³-hybridized carbons (Fsp3) is 0.632. The SMILES string of the molecule is CC(C)(C)c1ccc(SCC(=O)NC2CC3CCC(C2)N3)cc1. The van der Waals surface area contributed by atoms with Crippen molar-refractivity contribution in [2.75, 3.05) is 5.75 Å². The van der Waals surface area contributed by atoms with Gasteiger partial charge in [0, 0.05) is 23.0 Å². The van der Waals surface area contributed by atoms with Gasteiger partial charge in [-0.3, -0.25) is 4.79 Å². The molecule has 0 aromatic heterocycles. The minimum absolute atomic E-state index is 0.168. The summed E-state index contributed by atoms with van der Waals surface area (Å²) in [5, 5.41) is 6.84. The van der Waals surface area contributed by atoms with Crippen molar-refractivity contribution in [2.24, 2.45) is 0 Å². The van der Waals surface area contributed by atoms with Crippen LogP contribution in [0.2, 0.25) is 0 Å². The first-order valence-corrected chi connectivity index (χ1v) is 9.67. The van der Waals surface area contributed by atoms with E-state index in [4.69, 9.17) is 0 Å². The predicted molar refractivity (Wildman–Crippen MR) is 97.0 cm³/mol. The molecule has 0 radical (unpaired) electrons. The van der Waals surface area contributed by atoms with Crippen molar-refractivity contribution in [3.05, 3.63) is 29.8 Å². The zero-order valence-electron chi connectivity index (χ0n) is 14.4. The molecule has 3 rings (SSSR count). The van der Waals surface area contributed by atoms with Crippen LogP contribution in [0.15, 0.2) is 29.2 Å². The highest BCUT2D eigenvalue weighted by molar-refractivity contribution is 8.00. The van der Waals surface area contributed by atoms with Crippen LogP contribution in [0.5, 0.6) is 0 Å². The second kappa shape index (κ2) is 6.86. The summed E-state index contributed by atoms with van der Waals surface area (Å²) in [4.78, 5) is 13.4. The van der Waals surface area contributed by atoms with Gasteiger partial charge in [-0.05, 0) is 48.8 Å². The zero-order chi connectivity index (χ0) is 16.4. The first-order chi connectivity index (χ1) is 10.9. The van der Waals surface area contributed by atoms with E-state index in [1.54, 1.807) is 11.8 Å². The molecule has 126 valence electrons. The molecule has 1 aromatic rings. The van der Waals surface area contributed by atoms with E-state index in [0.717, 1.165) is 12.8 Å². The number of hydrogen-bond acceptors (Lipinski definition) is 3. The first kappa shape index (κ1) is 16.8. The third-order valence-electron chi connectivity index (χ3n) is 4.93. The number of amides is 1. The molecule has 3 nitrogen and oxygen atoms in total. The van der Waals surface area contributed by atoms with Crippen molar-refractivity contribution in [1.29, 1.82) is 0 Å². The number of rotatable bonds is 4. The predicted octanol–water partition coefficient (Wildman–Crippen LogP) is 3.48. The van der Waals surface area contributed by atoms with Gasteiger partial charge in [-0.15, -0.1) is 11.8 Å². The van der Waals surface area contributed by atoms with Crippen LogP contribution in [-0.2, 0) is 10.2 Å². The third kappa shape index (κ3) is 4.51. The number of fused-ring (bicyclic) bond motifs is 2. The third-order valence-corrected chi connectivity index (χ3v) is 5.94. The van der Waals surface area contributed by atoms with Crippen LogP contribution >= 0.6 is 11.8 Å². The van der Waals surface area contributed by atoms with Gasteiger partial charge in [0.25, 0.3) is 0 Å². The second-order valence-corrected chi connectivity index (χ2v) is 8.99. The molecule has 0 saturated carbocycles. The van der Waals surface area contributed by atoms with Gasteiger partial charge in [0.05, 0.1) is 5.75 Å². The van der Waals surface area contributed by atoms with E-state index < -0.39 is 0 Å². The van der Waals surface area contributed by atoms with Crippen LogP contribution in [0.3, 0.4) is 0 Å². The lowest BCUT2D eigenvalue weighted by atomic mass is 9.87. The lowest BCUT2D eigenvalue weighted by molar-refractivity contribution is -0.119. The number of benzene rings is 1. The molecule has 2 heterocycles. The molecular weight excluding hydrogens is 304 g/mol. The molecule has 4 heteroatoms. The van der Waals surface area contributed by atoms with Gasteiger partial charge in [0.2, 0.25) is 5.91 Å². The van der Waals surface area contributed by atoms with Gasteiger partial charge in [-0.25, -0.2) is 0 Å². The molecular formula is C19H28N2OS. The molecule has 23 heavy (non-hydrogen) atoms. The van der Waals surface area contributed by atoms with Gasteiger partial charge in [-0.2, -0.15) is 0 Å². The fourth-order valence-corrected chi connectivity index (χ4v) is 4.35. The highest BCUT2D eigenvalue weighted by atomic mass is 32.2. The second-order valence-electron chi connectivity index (χ2n) is 7.94. The Morgan fingerprint density at radius 2 is 1.78 bits per heavy atom. The minimum Gasteiger partial charge on any atom is -0.353 e. The van der Waals surface area contributed by atoms with Gasteiger partial charge in [0.1, 0.15) is 0 Å². The molecule has 2 unspecified atom stereocenters. The maximum Gasteiger partial charge on any atom is 0.230 e. The van der Waals surface area contributed by atoms with Crippen molar-refractivity contribution in [3.8, 4) is 0 Å². The number of nitrogens with one attached hydrogen (secondary N) is 2. The molecule has 2 aliphatic heterocycles. The van der Waals surface area contributed by atoms with Crippen molar-refractivity contribution in [1.82, 2.24) is 10.6 Å². The molecule has 2 aliphatic rings. The van der Waals surface area contributed by atoms with E-state index in [2.05, 4.69) is 55.7 Å². The largest absolute Gasteiger partial charge is 0.353 e.